The molecule has 2 unspecified atom stereocenters. The zero-order valence-electron chi connectivity index (χ0n) is 17.1. The van der Waals surface area contributed by atoms with Crippen molar-refractivity contribution in [2.24, 2.45) is 5.92 Å². The number of hydrogen-bond donors (Lipinski definition) is 1. The molecular formula is C23H25FN2O3. The molecule has 152 valence electrons. The van der Waals surface area contributed by atoms with Gasteiger partial charge in [0.05, 0.1) is 11.9 Å². The van der Waals surface area contributed by atoms with Crippen LogP contribution in [0.25, 0.3) is 11.3 Å². The summed E-state index contributed by atoms with van der Waals surface area (Å²) in [5, 5.41) is 2.78. The molecule has 0 saturated heterocycles. The molecule has 0 aliphatic heterocycles. The number of carbonyl (C=O) groups excluding carboxylic acids is 3. The van der Waals surface area contributed by atoms with E-state index in [1.165, 1.54) is 6.07 Å². The van der Waals surface area contributed by atoms with E-state index in [-0.39, 0.29) is 36.4 Å². The van der Waals surface area contributed by atoms with E-state index in [0.29, 0.717) is 11.3 Å². The fourth-order valence-corrected chi connectivity index (χ4v) is 4.06. The largest absolute Gasteiger partial charge is 0.354 e. The zero-order valence-corrected chi connectivity index (χ0v) is 17.1. The Balaban J connectivity index is 1.88. The van der Waals surface area contributed by atoms with Gasteiger partial charge in [-0.25, -0.2) is 4.39 Å². The van der Waals surface area contributed by atoms with E-state index in [1.807, 2.05) is 39.8 Å². The lowest BCUT2D eigenvalue weighted by Gasteiger charge is -2.17. The molecule has 2 aromatic rings. The normalized spacial score (nSPS) is 19.1. The summed E-state index contributed by atoms with van der Waals surface area (Å²) >= 11 is 0. The Bertz CT molecular complexity index is 944. The predicted octanol–water partition coefficient (Wildman–Crippen LogP) is 3.66. The molecule has 0 bridgehead atoms. The van der Waals surface area contributed by atoms with Gasteiger partial charge in [0.25, 0.3) is 0 Å². The number of nitrogens with one attached hydrogen (secondary N) is 1. The third-order valence-electron chi connectivity index (χ3n) is 5.24. The number of aromatic nitrogens is 1. The number of Topliss-reactive ketones (excluding diaryl/α,β-unsaturated/α-hetero) is 2. The maximum Gasteiger partial charge on any atom is 0.220 e. The monoisotopic (exact) mass is 396 g/mol. The maximum atomic E-state index is 13.1. The molecule has 0 spiro atoms. The van der Waals surface area contributed by atoms with Crippen molar-refractivity contribution in [3.63, 3.8) is 0 Å². The fourth-order valence-electron chi connectivity index (χ4n) is 4.06. The van der Waals surface area contributed by atoms with E-state index in [0.717, 1.165) is 22.9 Å². The lowest BCUT2D eigenvalue weighted by atomic mass is 9.85. The molecule has 0 radical (unpaired) electrons. The molecule has 1 fully saturated rings. The van der Waals surface area contributed by atoms with Crippen molar-refractivity contribution in [1.29, 1.82) is 0 Å². The van der Waals surface area contributed by atoms with Gasteiger partial charge in [0.15, 0.2) is 5.78 Å². The van der Waals surface area contributed by atoms with E-state index in [2.05, 4.69) is 10.3 Å². The van der Waals surface area contributed by atoms with Crippen molar-refractivity contribution in [3.05, 3.63) is 53.0 Å². The van der Waals surface area contributed by atoms with E-state index in [9.17, 15) is 18.8 Å². The van der Waals surface area contributed by atoms with Gasteiger partial charge >= 0.3 is 0 Å². The number of amides is 1. The van der Waals surface area contributed by atoms with Crippen molar-refractivity contribution >= 4 is 17.5 Å². The highest BCUT2D eigenvalue weighted by molar-refractivity contribution is 6.15. The number of aryl methyl sites for hydroxylation is 2. The van der Waals surface area contributed by atoms with Crippen molar-refractivity contribution in [3.8, 4) is 11.3 Å². The van der Waals surface area contributed by atoms with Crippen LogP contribution in [0, 0.1) is 25.6 Å². The van der Waals surface area contributed by atoms with Crippen LogP contribution in [0.4, 0.5) is 4.39 Å². The van der Waals surface area contributed by atoms with Crippen LogP contribution in [0.1, 0.15) is 49.3 Å². The van der Waals surface area contributed by atoms with Gasteiger partial charge in [-0.1, -0.05) is 0 Å². The highest BCUT2D eigenvalue weighted by atomic mass is 19.1. The molecule has 5 nitrogen and oxygen atoms in total. The summed E-state index contributed by atoms with van der Waals surface area (Å²) in [7, 11) is 0. The highest BCUT2D eigenvalue weighted by Crippen LogP contribution is 2.38. The van der Waals surface area contributed by atoms with Crippen LogP contribution in [-0.4, -0.2) is 28.5 Å². The van der Waals surface area contributed by atoms with Crippen molar-refractivity contribution in [2.75, 3.05) is 0 Å². The molecule has 1 saturated carbocycles. The van der Waals surface area contributed by atoms with Crippen LogP contribution in [0.15, 0.2) is 30.5 Å². The van der Waals surface area contributed by atoms with Gasteiger partial charge in [-0.3, -0.25) is 19.4 Å². The molecule has 3 rings (SSSR count). The zero-order chi connectivity index (χ0) is 21.3. The molecule has 29 heavy (non-hydrogen) atoms. The van der Waals surface area contributed by atoms with Crippen molar-refractivity contribution in [2.45, 2.75) is 52.5 Å². The summed E-state index contributed by atoms with van der Waals surface area (Å²) in [4.78, 5) is 41.8. The molecular weight excluding hydrogens is 371 g/mol. The maximum absolute atomic E-state index is 13.1. The fraction of sp³-hybridized carbons (Fsp3) is 0.391. The van der Waals surface area contributed by atoms with E-state index in [4.69, 9.17) is 0 Å². The Kier molecular flexibility index (Phi) is 5.91. The number of halogens is 1. The van der Waals surface area contributed by atoms with Gasteiger partial charge in [-0.2, -0.15) is 0 Å². The minimum Gasteiger partial charge on any atom is -0.354 e. The predicted molar refractivity (Wildman–Crippen MR) is 108 cm³/mol. The van der Waals surface area contributed by atoms with Crippen LogP contribution < -0.4 is 5.32 Å². The van der Waals surface area contributed by atoms with Gasteiger partial charge in [-0.05, 0) is 68.7 Å². The SMILES string of the molecule is Cc1cc(-c2ccc(F)cn2)cc(C)c1C1C(=O)CC(CC(=O)NC(C)C)C1=O. The summed E-state index contributed by atoms with van der Waals surface area (Å²) < 4.78 is 13.1. The summed E-state index contributed by atoms with van der Waals surface area (Å²) in [5.41, 5.74) is 3.75. The minimum absolute atomic E-state index is 0.0115. The molecule has 1 amide bonds. The molecule has 1 aromatic carbocycles. The average Bonchev–Trinajstić information content (AvgIpc) is 2.88. The molecule has 1 aliphatic carbocycles. The first-order valence-electron chi connectivity index (χ1n) is 9.76. The lowest BCUT2D eigenvalue weighted by Crippen LogP contribution is -2.32. The molecule has 1 aliphatic rings. The number of carbonyl (C=O) groups is 3. The second kappa shape index (κ2) is 8.23. The number of pyridine rings is 1. The Labute approximate surface area is 169 Å². The smallest absolute Gasteiger partial charge is 0.220 e. The standard InChI is InChI=1S/C23H25FN2O3/c1-12(2)26-20(28)10-16-9-19(27)22(23(16)29)21-13(3)7-15(8-14(21)4)18-6-5-17(24)11-25-18/h5-8,11-12,16,22H,9-10H2,1-4H3,(H,26,28). The molecule has 1 heterocycles. The van der Waals surface area contributed by atoms with E-state index >= 15 is 0 Å². The summed E-state index contributed by atoms with van der Waals surface area (Å²) in [6.45, 7) is 7.42. The Hall–Kier alpha value is -2.89. The lowest BCUT2D eigenvalue weighted by molar-refractivity contribution is -0.128. The number of nitrogens with zero attached hydrogens (tertiary/aromatic N) is 1. The molecule has 1 aromatic heterocycles. The quantitative estimate of drug-likeness (QED) is 0.783. The number of ketones is 2. The van der Waals surface area contributed by atoms with Gasteiger partial charge < -0.3 is 5.32 Å². The third-order valence-corrected chi connectivity index (χ3v) is 5.24. The first-order valence-corrected chi connectivity index (χ1v) is 9.76. The molecule has 6 heteroatoms. The van der Waals surface area contributed by atoms with Crippen LogP contribution in [-0.2, 0) is 14.4 Å². The van der Waals surface area contributed by atoms with Crippen molar-refractivity contribution in [1.82, 2.24) is 10.3 Å². The van der Waals surface area contributed by atoms with Gasteiger partial charge in [-0.15, -0.1) is 0 Å². The topological polar surface area (TPSA) is 76.1 Å². The van der Waals surface area contributed by atoms with E-state index < -0.39 is 17.7 Å². The first kappa shape index (κ1) is 20.8. The van der Waals surface area contributed by atoms with Gasteiger partial charge in [0.1, 0.15) is 17.5 Å². The van der Waals surface area contributed by atoms with Crippen molar-refractivity contribution < 1.29 is 18.8 Å². The van der Waals surface area contributed by atoms with Crippen LogP contribution in [0.3, 0.4) is 0 Å². The summed E-state index contributed by atoms with van der Waals surface area (Å²) in [6, 6.07) is 6.66. The van der Waals surface area contributed by atoms with Crippen LogP contribution in [0.5, 0.6) is 0 Å². The van der Waals surface area contributed by atoms with Crippen LogP contribution >= 0.6 is 0 Å². The Morgan fingerprint density at radius 3 is 2.41 bits per heavy atom. The molecule has 1 N–H and O–H groups in total. The third kappa shape index (κ3) is 4.42. The second-order valence-corrected chi connectivity index (χ2v) is 8.01. The number of hydrogen-bond acceptors (Lipinski definition) is 4. The summed E-state index contributed by atoms with van der Waals surface area (Å²) in [6.07, 6.45) is 1.29. The van der Waals surface area contributed by atoms with E-state index in [1.54, 1.807) is 6.07 Å². The van der Waals surface area contributed by atoms with Gasteiger partial charge in [0, 0.05) is 30.4 Å². The highest BCUT2D eigenvalue weighted by Gasteiger charge is 2.43. The van der Waals surface area contributed by atoms with Gasteiger partial charge in [0.2, 0.25) is 5.91 Å². The summed E-state index contributed by atoms with van der Waals surface area (Å²) in [5.74, 6) is -2.36. The average molecular weight is 396 g/mol. The number of benzene rings is 1. The minimum atomic E-state index is -0.831. The number of rotatable bonds is 5. The molecule has 2 atom stereocenters. The Morgan fingerprint density at radius 2 is 1.86 bits per heavy atom. The first-order chi connectivity index (χ1) is 13.7. The second-order valence-electron chi connectivity index (χ2n) is 8.01. The Morgan fingerprint density at radius 1 is 1.21 bits per heavy atom. The van der Waals surface area contributed by atoms with Crippen LogP contribution in [0.2, 0.25) is 0 Å².